The van der Waals surface area contributed by atoms with E-state index < -0.39 is 0 Å². The van der Waals surface area contributed by atoms with Crippen molar-refractivity contribution in [1.82, 2.24) is 15.1 Å². The molecule has 0 bridgehead atoms. The molecule has 0 aliphatic heterocycles. The lowest BCUT2D eigenvalue weighted by atomic mass is 10.4. The summed E-state index contributed by atoms with van der Waals surface area (Å²) in [4.78, 5) is 0. The fraction of sp³-hybridized carbons (Fsp3) is 0.667. The van der Waals surface area contributed by atoms with Gasteiger partial charge in [0.05, 0.1) is 18.8 Å². The van der Waals surface area contributed by atoms with Crippen molar-refractivity contribution in [3.8, 4) is 0 Å². The van der Waals surface area contributed by atoms with Crippen molar-refractivity contribution in [3.63, 3.8) is 0 Å². The standard InChI is InChI=1S/C9H17N3O/c1-3-13-7-6-12-9(8-10-2)4-5-11-12/h4-5,10H,3,6-8H2,1-2H3. The number of ether oxygens (including phenoxy) is 1. The Labute approximate surface area is 78.9 Å². The molecule has 0 aliphatic rings. The van der Waals surface area contributed by atoms with Gasteiger partial charge in [0.1, 0.15) is 0 Å². The largest absolute Gasteiger partial charge is 0.380 e. The zero-order valence-electron chi connectivity index (χ0n) is 8.29. The van der Waals surface area contributed by atoms with E-state index in [9.17, 15) is 0 Å². The van der Waals surface area contributed by atoms with Gasteiger partial charge in [-0.2, -0.15) is 5.10 Å². The average molecular weight is 183 g/mol. The molecule has 1 rings (SSSR count). The van der Waals surface area contributed by atoms with Gasteiger partial charge in [-0.3, -0.25) is 4.68 Å². The van der Waals surface area contributed by atoms with Crippen molar-refractivity contribution in [2.75, 3.05) is 20.3 Å². The first-order valence-electron chi connectivity index (χ1n) is 4.61. The van der Waals surface area contributed by atoms with Gasteiger partial charge < -0.3 is 10.1 Å². The van der Waals surface area contributed by atoms with Crippen molar-refractivity contribution in [2.45, 2.75) is 20.0 Å². The van der Waals surface area contributed by atoms with E-state index in [-0.39, 0.29) is 0 Å². The molecule has 4 heteroatoms. The maximum Gasteiger partial charge on any atom is 0.0662 e. The van der Waals surface area contributed by atoms with Crippen LogP contribution in [0.5, 0.6) is 0 Å². The predicted molar refractivity (Wildman–Crippen MR) is 51.5 cm³/mol. The lowest BCUT2D eigenvalue weighted by molar-refractivity contribution is 0.135. The Morgan fingerprint density at radius 2 is 2.46 bits per heavy atom. The maximum absolute atomic E-state index is 5.26. The third-order valence-electron chi connectivity index (χ3n) is 1.81. The SMILES string of the molecule is CCOCCn1nccc1CNC. The lowest BCUT2D eigenvalue weighted by Crippen LogP contribution is -2.14. The molecule has 0 unspecified atom stereocenters. The molecule has 74 valence electrons. The molecule has 0 atom stereocenters. The fourth-order valence-electron chi connectivity index (χ4n) is 1.19. The smallest absolute Gasteiger partial charge is 0.0662 e. The molecule has 0 saturated heterocycles. The van der Waals surface area contributed by atoms with Gasteiger partial charge in [-0.1, -0.05) is 0 Å². The van der Waals surface area contributed by atoms with Crippen LogP contribution >= 0.6 is 0 Å². The summed E-state index contributed by atoms with van der Waals surface area (Å²) >= 11 is 0. The first-order valence-corrected chi connectivity index (χ1v) is 4.61. The van der Waals surface area contributed by atoms with Crippen LogP contribution in [0.15, 0.2) is 12.3 Å². The van der Waals surface area contributed by atoms with Gasteiger partial charge in [-0.05, 0) is 20.0 Å². The Bertz CT molecular complexity index is 235. The first kappa shape index (κ1) is 10.2. The summed E-state index contributed by atoms with van der Waals surface area (Å²) in [5.74, 6) is 0. The van der Waals surface area contributed by atoms with E-state index in [1.165, 1.54) is 5.69 Å². The van der Waals surface area contributed by atoms with E-state index in [2.05, 4.69) is 10.4 Å². The minimum Gasteiger partial charge on any atom is -0.380 e. The van der Waals surface area contributed by atoms with Crippen LogP contribution in [-0.2, 0) is 17.8 Å². The predicted octanol–water partition coefficient (Wildman–Crippen LogP) is 0.639. The third kappa shape index (κ3) is 3.16. The van der Waals surface area contributed by atoms with Crippen molar-refractivity contribution in [2.24, 2.45) is 0 Å². The zero-order chi connectivity index (χ0) is 9.52. The topological polar surface area (TPSA) is 39.1 Å². The summed E-state index contributed by atoms with van der Waals surface area (Å²) < 4.78 is 7.22. The summed E-state index contributed by atoms with van der Waals surface area (Å²) in [5.41, 5.74) is 1.20. The quantitative estimate of drug-likeness (QED) is 0.658. The molecule has 1 N–H and O–H groups in total. The molecular formula is C9H17N3O. The highest BCUT2D eigenvalue weighted by Gasteiger charge is 1.99. The van der Waals surface area contributed by atoms with Gasteiger partial charge >= 0.3 is 0 Å². The number of nitrogens with zero attached hydrogens (tertiary/aromatic N) is 2. The number of aromatic nitrogens is 2. The number of hydrogen-bond acceptors (Lipinski definition) is 3. The molecule has 4 nitrogen and oxygen atoms in total. The molecule has 0 aliphatic carbocycles. The van der Waals surface area contributed by atoms with E-state index in [4.69, 9.17) is 4.74 Å². The summed E-state index contributed by atoms with van der Waals surface area (Å²) in [6.45, 7) is 5.18. The van der Waals surface area contributed by atoms with E-state index in [0.717, 1.165) is 26.3 Å². The summed E-state index contributed by atoms with van der Waals surface area (Å²) in [6.07, 6.45) is 1.82. The van der Waals surface area contributed by atoms with E-state index in [1.807, 2.05) is 30.9 Å². The summed E-state index contributed by atoms with van der Waals surface area (Å²) in [5, 5.41) is 7.30. The lowest BCUT2D eigenvalue weighted by Gasteiger charge is -2.06. The van der Waals surface area contributed by atoms with Gasteiger partial charge in [0.25, 0.3) is 0 Å². The highest BCUT2D eigenvalue weighted by atomic mass is 16.5. The molecule has 0 radical (unpaired) electrons. The Morgan fingerprint density at radius 3 is 3.15 bits per heavy atom. The highest BCUT2D eigenvalue weighted by molar-refractivity contribution is 4.99. The van der Waals surface area contributed by atoms with Crippen molar-refractivity contribution < 1.29 is 4.74 Å². The first-order chi connectivity index (χ1) is 6.38. The van der Waals surface area contributed by atoms with E-state index in [0.29, 0.717) is 0 Å². The Morgan fingerprint density at radius 1 is 1.62 bits per heavy atom. The Hall–Kier alpha value is -0.870. The summed E-state index contributed by atoms with van der Waals surface area (Å²) in [7, 11) is 1.93. The second-order valence-electron chi connectivity index (χ2n) is 2.77. The molecule has 0 aromatic carbocycles. The molecule has 0 spiro atoms. The van der Waals surface area contributed by atoms with Crippen molar-refractivity contribution in [1.29, 1.82) is 0 Å². The number of rotatable bonds is 6. The second-order valence-corrected chi connectivity index (χ2v) is 2.77. The molecule has 1 aromatic heterocycles. The van der Waals surface area contributed by atoms with Gasteiger partial charge in [0.2, 0.25) is 0 Å². The molecule has 1 aromatic rings. The number of hydrogen-bond donors (Lipinski definition) is 1. The van der Waals surface area contributed by atoms with Crippen LogP contribution in [0.1, 0.15) is 12.6 Å². The Balaban J connectivity index is 2.40. The van der Waals surface area contributed by atoms with Gasteiger partial charge in [0, 0.05) is 19.3 Å². The number of nitrogens with one attached hydrogen (secondary N) is 1. The molecule has 0 amide bonds. The monoisotopic (exact) mass is 183 g/mol. The van der Waals surface area contributed by atoms with Crippen LogP contribution in [0.4, 0.5) is 0 Å². The van der Waals surface area contributed by atoms with Crippen LogP contribution in [0.2, 0.25) is 0 Å². The molecular weight excluding hydrogens is 166 g/mol. The molecule has 0 saturated carbocycles. The average Bonchev–Trinajstić information content (AvgIpc) is 2.54. The molecule has 1 heterocycles. The third-order valence-corrected chi connectivity index (χ3v) is 1.81. The minimum absolute atomic E-state index is 0.731. The second kappa shape index (κ2) is 5.72. The Kier molecular flexibility index (Phi) is 4.49. The minimum atomic E-state index is 0.731. The van der Waals surface area contributed by atoms with Crippen molar-refractivity contribution in [3.05, 3.63) is 18.0 Å². The van der Waals surface area contributed by atoms with Crippen LogP contribution in [-0.4, -0.2) is 30.0 Å². The fourth-order valence-corrected chi connectivity index (χ4v) is 1.19. The van der Waals surface area contributed by atoms with Crippen LogP contribution in [0.3, 0.4) is 0 Å². The van der Waals surface area contributed by atoms with Crippen molar-refractivity contribution >= 4 is 0 Å². The normalized spacial score (nSPS) is 10.6. The van der Waals surface area contributed by atoms with E-state index >= 15 is 0 Å². The van der Waals surface area contributed by atoms with E-state index in [1.54, 1.807) is 0 Å². The van der Waals surface area contributed by atoms with Gasteiger partial charge in [-0.15, -0.1) is 0 Å². The molecule has 0 fully saturated rings. The van der Waals surface area contributed by atoms with Gasteiger partial charge in [0.15, 0.2) is 0 Å². The summed E-state index contributed by atoms with van der Waals surface area (Å²) in [6, 6.07) is 2.02. The van der Waals surface area contributed by atoms with Crippen LogP contribution in [0.25, 0.3) is 0 Å². The van der Waals surface area contributed by atoms with Crippen LogP contribution in [0, 0.1) is 0 Å². The highest BCUT2D eigenvalue weighted by Crippen LogP contribution is 1.97. The van der Waals surface area contributed by atoms with Gasteiger partial charge in [-0.25, -0.2) is 0 Å². The molecule has 13 heavy (non-hydrogen) atoms. The zero-order valence-corrected chi connectivity index (χ0v) is 8.29. The van der Waals surface area contributed by atoms with Crippen LogP contribution < -0.4 is 5.32 Å². The maximum atomic E-state index is 5.26.